The summed E-state index contributed by atoms with van der Waals surface area (Å²) in [4.78, 5) is 15.9. The summed E-state index contributed by atoms with van der Waals surface area (Å²) in [5.41, 5.74) is 0. The molecule has 0 spiro atoms. The Bertz CT molecular complexity index is 646. The van der Waals surface area contributed by atoms with E-state index in [0.717, 1.165) is 17.6 Å². The van der Waals surface area contributed by atoms with E-state index in [1.807, 2.05) is 24.3 Å². The summed E-state index contributed by atoms with van der Waals surface area (Å²) in [7, 11) is 0. The summed E-state index contributed by atoms with van der Waals surface area (Å²) in [6.45, 7) is 2.88. The van der Waals surface area contributed by atoms with E-state index in [9.17, 15) is 4.79 Å². The number of likely N-dealkylation sites (tertiary alicyclic amines) is 1. The van der Waals surface area contributed by atoms with Crippen LogP contribution in [-0.4, -0.2) is 37.0 Å². The topological polar surface area (TPSA) is 41.6 Å². The number of halogens is 2. The highest BCUT2D eigenvalue weighted by atomic mass is 79.9. The zero-order chi connectivity index (χ0) is 16.8. The predicted octanol–water partition coefficient (Wildman–Crippen LogP) is 4.26. The van der Waals surface area contributed by atoms with E-state index < -0.39 is 0 Å². The minimum absolute atomic E-state index is 0. The molecule has 2 heterocycles. The maximum Gasteiger partial charge on any atom is 0.258 e. The van der Waals surface area contributed by atoms with E-state index in [4.69, 9.17) is 4.74 Å². The number of benzene rings is 1. The van der Waals surface area contributed by atoms with E-state index >= 15 is 0 Å². The van der Waals surface area contributed by atoms with Crippen molar-refractivity contribution < 1.29 is 9.53 Å². The van der Waals surface area contributed by atoms with Crippen LogP contribution < -0.4 is 10.1 Å². The fourth-order valence-corrected chi connectivity index (χ4v) is 4.01. The first-order chi connectivity index (χ1) is 11.7. The quantitative estimate of drug-likeness (QED) is 0.692. The third-order valence-electron chi connectivity index (χ3n) is 4.13. The molecular formula is C18H22BrClN2O2S. The number of thiophene rings is 1. The number of amides is 1. The molecule has 0 bridgehead atoms. The van der Waals surface area contributed by atoms with Crippen molar-refractivity contribution in [3.8, 4) is 5.75 Å². The van der Waals surface area contributed by atoms with Crippen molar-refractivity contribution in [3.05, 3.63) is 51.1 Å². The standard InChI is InChI=1S/C18H21BrN2O2S.ClH/c19-14-5-7-15(8-6-14)23-13-18(22)20-12-16(17-4-3-11-24-17)21-9-1-2-10-21;/h3-8,11,16H,1-2,9-10,12-13H2,(H,20,22);1H. The van der Waals surface area contributed by atoms with Crippen LogP contribution in [0.2, 0.25) is 0 Å². The molecule has 7 heteroatoms. The Balaban J connectivity index is 0.00000225. The summed E-state index contributed by atoms with van der Waals surface area (Å²) in [6.07, 6.45) is 2.48. The SMILES string of the molecule is Cl.O=C(COc1ccc(Br)cc1)NCC(c1cccs1)N1CCCC1. The van der Waals surface area contributed by atoms with E-state index in [-0.39, 0.29) is 31.0 Å². The molecule has 1 aromatic carbocycles. The predicted molar refractivity (Wildman–Crippen MR) is 108 cm³/mol. The minimum Gasteiger partial charge on any atom is -0.484 e. The molecule has 4 nitrogen and oxygen atoms in total. The molecule has 1 saturated heterocycles. The highest BCUT2D eigenvalue weighted by Crippen LogP contribution is 2.27. The second kappa shape index (κ2) is 10.2. The molecule has 2 aromatic rings. The van der Waals surface area contributed by atoms with Crippen LogP contribution in [0.3, 0.4) is 0 Å². The molecule has 3 rings (SSSR count). The fraction of sp³-hybridized carbons (Fsp3) is 0.389. The normalized spacial score (nSPS) is 15.4. The number of hydrogen-bond acceptors (Lipinski definition) is 4. The Kier molecular flexibility index (Phi) is 8.22. The first kappa shape index (κ1) is 20.2. The molecule has 1 aliphatic rings. The molecule has 136 valence electrons. The second-order valence-electron chi connectivity index (χ2n) is 5.82. The zero-order valence-electron chi connectivity index (χ0n) is 13.8. The molecular weight excluding hydrogens is 424 g/mol. The third kappa shape index (κ3) is 5.99. The van der Waals surface area contributed by atoms with Gasteiger partial charge in [-0.1, -0.05) is 22.0 Å². The van der Waals surface area contributed by atoms with Crippen molar-refractivity contribution >= 4 is 45.6 Å². The Morgan fingerprint density at radius 2 is 1.96 bits per heavy atom. The summed E-state index contributed by atoms with van der Waals surface area (Å²) >= 11 is 5.13. The number of ether oxygens (including phenoxy) is 1. The molecule has 1 unspecified atom stereocenters. The maximum absolute atomic E-state index is 12.1. The van der Waals surface area contributed by atoms with Crippen molar-refractivity contribution in [1.29, 1.82) is 0 Å². The number of nitrogens with one attached hydrogen (secondary N) is 1. The highest BCUT2D eigenvalue weighted by Gasteiger charge is 2.24. The van der Waals surface area contributed by atoms with Crippen LogP contribution in [0, 0.1) is 0 Å². The lowest BCUT2D eigenvalue weighted by molar-refractivity contribution is -0.123. The van der Waals surface area contributed by atoms with Gasteiger partial charge in [-0.25, -0.2) is 0 Å². The number of rotatable bonds is 7. The molecule has 1 fully saturated rings. The molecule has 0 aliphatic carbocycles. The molecule has 1 aliphatic heterocycles. The number of carbonyl (C=O) groups is 1. The van der Waals surface area contributed by atoms with Gasteiger partial charge in [0.05, 0.1) is 6.04 Å². The monoisotopic (exact) mass is 444 g/mol. The minimum atomic E-state index is -0.0846. The molecule has 1 amide bonds. The Morgan fingerprint density at radius 1 is 1.24 bits per heavy atom. The van der Waals surface area contributed by atoms with Crippen molar-refractivity contribution in [1.82, 2.24) is 10.2 Å². The lowest BCUT2D eigenvalue weighted by Gasteiger charge is -2.26. The van der Waals surface area contributed by atoms with E-state index in [2.05, 4.69) is 43.7 Å². The number of carbonyl (C=O) groups excluding carboxylic acids is 1. The molecule has 0 radical (unpaired) electrons. The highest BCUT2D eigenvalue weighted by molar-refractivity contribution is 9.10. The van der Waals surface area contributed by atoms with E-state index in [1.54, 1.807) is 11.3 Å². The number of hydrogen-bond donors (Lipinski definition) is 1. The van der Waals surface area contributed by atoms with Gasteiger partial charge in [-0.3, -0.25) is 9.69 Å². The smallest absolute Gasteiger partial charge is 0.258 e. The van der Waals surface area contributed by atoms with Gasteiger partial charge in [-0.15, -0.1) is 23.7 Å². The Labute approximate surface area is 167 Å². The van der Waals surface area contributed by atoms with Gasteiger partial charge >= 0.3 is 0 Å². The first-order valence-corrected chi connectivity index (χ1v) is 9.82. The van der Waals surface area contributed by atoms with Gasteiger partial charge in [0.25, 0.3) is 5.91 Å². The lowest BCUT2D eigenvalue weighted by atomic mass is 10.2. The van der Waals surface area contributed by atoms with Gasteiger partial charge < -0.3 is 10.1 Å². The summed E-state index contributed by atoms with van der Waals surface area (Å²) in [6, 6.07) is 12.0. The van der Waals surface area contributed by atoms with E-state index in [0.29, 0.717) is 12.3 Å². The van der Waals surface area contributed by atoms with Crippen LogP contribution in [0.15, 0.2) is 46.3 Å². The van der Waals surface area contributed by atoms with Crippen LogP contribution in [0.1, 0.15) is 23.8 Å². The summed E-state index contributed by atoms with van der Waals surface area (Å²) < 4.78 is 6.52. The average molecular weight is 446 g/mol. The van der Waals surface area contributed by atoms with Gasteiger partial charge in [0.2, 0.25) is 0 Å². The molecule has 25 heavy (non-hydrogen) atoms. The zero-order valence-corrected chi connectivity index (χ0v) is 17.0. The summed E-state index contributed by atoms with van der Waals surface area (Å²) in [5, 5.41) is 5.12. The largest absolute Gasteiger partial charge is 0.484 e. The van der Waals surface area contributed by atoms with Crippen molar-refractivity contribution in [2.45, 2.75) is 18.9 Å². The fourth-order valence-electron chi connectivity index (χ4n) is 2.89. The van der Waals surface area contributed by atoms with Crippen molar-refractivity contribution in [3.63, 3.8) is 0 Å². The lowest BCUT2D eigenvalue weighted by Crippen LogP contribution is -2.38. The van der Waals surface area contributed by atoms with Crippen LogP contribution in [-0.2, 0) is 4.79 Å². The van der Waals surface area contributed by atoms with Gasteiger partial charge in [0.15, 0.2) is 6.61 Å². The van der Waals surface area contributed by atoms with Crippen LogP contribution in [0.5, 0.6) is 5.75 Å². The van der Waals surface area contributed by atoms with Gasteiger partial charge in [0, 0.05) is 15.9 Å². The van der Waals surface area contributed by atoms with Crippen molar-refractivity contribution in [2.75, 3.05) is 26.2 Å². The van der Waals surface area contributed by atoms with Crippen LogP contribution in [0.25, 0.3) is 0 Å². The van der Waals surface area contributed by atoms with Crippen molar-refractivity contribution in [2.24, 2.45) is 0 Å². The first-order valence-electron chi connectivity index (χ1n) is 8.15. The molecule has 1 aromatic heterocycles. The van der Waals surface area contributed by atoms with Gasteiger partial charge in [0.1, 0.15) is 5.75 Å². The number of nitrogens with zero attached hydrogens (tertiary/aromatic N) is 1. The molecule has 1 atom stereocenters. The van der Waals surface area contributed by atoms with Crippen LogP contribution in [0.4, 0.5) is 0 Å². The van der Waals surface area contributed by atoms with E-state index in [1.165, 1.54) is 17.7 Å². The maximum atomic E-state index is 12.1. The Morgan fingerprint density at radius 3 is 2.60 bits per heavy atom. The Hall–Kier alpha value is -1.08. The molecule has 1 N–H and O–H groups in total. The van der Waals surface area contributed by atoms with Gasteiger partial charge in [-0.05, 0) is 61.6 Å². The van der Waals surface area contributed by atoms with Gasteiger partial charge in [-0.2, -0.15) is 0 Å². The van der Waals surface area contributed by atoms with Crippen LogP contribution >= 0.6 is 39.7 Å². The average Bonchev–Trinajstić information content (AvgIpc) is 3.29. The second-order valence-corrected chi connectivity index (χ2v) is 7.72. The molecule has 0 saturated carbocycles. The summed E-state index contributed by atoms with van der Waals surface area (Å²) in [5.74, 6) is 0.612. The third-order valence-corrected chi connectivity index (χ3v) is 5.63.